The van der Waals surface area contributed by atoms with Crippen molar-refractivity contribution >= 4 is 40.5 Å². The largest absolute Gasteiger partial charge is 0.381 e. The van der Waals surface area contributed by atoms with Crippen molar-refractivity contribution in [2.75, 3.05) is 10.6 Å². The first-order valence-corrected chi connectivity index (χ1v) is 6.85. The van der Waals surface area contributed by atoms with Crippen molar-refractivity contribution in [2.24, 2.45) is 0 Å². The molecule has 2 aromatic carbocycles. The van der Waals surface area contributed by atoms with Gasteiger partial charge >= 0.3 is 0 Å². The van der Waals surface area contributed by atoms with E-state index in [1.54, 1.807) is 6.07 Å². The van der Waals surface area contributed by atoms with Gasteiger partial charge in [0.05, 0.1) is 0 Å². The molecule has 5 heteroatoms. The van der Waals surface area contributed by atoms with Crippen LogP contribution in [0.25, 0.3) is 0 Å². The summed E-state index contributed by atoms with van der Waals surface area (Å²) in [6.45, 7) is 2.08. The summed E-state index contributed by atoms with van der Waals surface area (Å²) in [5, 5.41) is 7.23. The molecule has 104 valence electrons. The van der Waals surface area contributed by atoms with E-state index in [1.807, 2.05) is 36.4 Å². The fourth-order valence-corrected chi connectivity index (χ4v) is 2.40. The maximum absolute atomic E-state index is 11.0. The third-order valence-electron chi connectivity index (χ3n) is 2.60. The van der Waals surface area contributed by atoms with Gasteiger partial charge in [-0.15, -0.1) is 0 Å². The minimum Gasteiger partial charge on any atom is -0.381 e. The van der Waals surface area contributed by atoms with Crippen LogP contribution in [-0.4, -0.2) is 5.91 Å². The van der Waals surface area contributed by atoms with Crippen LogP contribution in [0.4, 0.5) is 11.4 Å². The van der Waals surface area contributed by atoms with E-state index in [-0.39, 0.29) is 5.91 Å². The standard InChI is InChI=1S/C15H14Cl2N2O/c1-10(20)19-15-4-2-3-14(8-15)18-9-11-5-12(16)7-13(17)6-11/h2-8,18H,9H2,1H3,(H,19,20). The average Bonchev–Trinajstić information content (AvgIpc) is 2.35. The summed E-state index contributed by atoms with van der Waals surface area (Å²) < 4.78 is 0. The van der Waals surface area contributed by atoms with Gasteiger partial charge in [0.2, 0.25) is 5.91 Å². The Hall–Kier alpha value is -1.71. The smallest absolute Gasteiger partial charge is 0.221 e. The Kier molecular flexibility index (Phi) is 4.88. The van der Waals surface area contributed by atoms with Gasteiger partial charge in [0.25, 0.3) is 0 Å². The van der Waals surface area contributed by atoms with E-state index in [0.29, 0.717) is 16.6 Å². The molecule has 0 aliphatic heterocycles. The van der Waals surface area contributed by atoms with Crippen molar-refractivity contribution in [3.05, 3.63) is 58.1 Å². The Morgan fingerprint density at radius 2 is 1.70 bits per heavy atom. The van der Waals surface area contributed by atoms with E-state index >= 15 is 0 Å². The molecular weight excluding hydrogens is 295 g/mol. The van der Waals surface area contributed by atoms with Gasteiger partial charge in [-0.05, 0) is 42.0 Å². The van der Waals surface area contributed by atoms with Crippen molar-refractivity contribution < 1.29 is 4.79 Å². The second-order valence-electron chi connectivity index (χ2n) is 4.39. The first-order chi connectivity index (χ1) is 9.52. The predicted octanol–water partition coefficient (Wildman–Crippen LogP) is 4.56. The number of hydrogen-bond donors (Lipinski definition) is 2. The van der Waals surface area contributed by atoms with Gasteiger partial charge in [-0.25, -0.2) is 0 Å². The van der Waals surface area contributed by atoms with Crippen molar-refractivity contribution in [2.45, 2.75) is 13.5 Å². The fraction of sp³-hybridized carbons (Fsp3) is 0.133. The molecule has 0 radical (unpaired) electrons. The molecule has 0 unspecified atom stereocenters. The van der Waals surface area contributed by atoms with Crippen molar-refractivity contribution in [3.8, 4) is 0 Å². The molecule has 3 nitrogen and oxygen atoms in total. The second-order valence-corrected chi connectivity index (χ2v) is 5.27. The van der Waals surface area contributed by atoms with Gasteiger partial charge in [-0.3, -0.25) is 4.79 Å². The quantitative estimate of drug-likeness (QED) is 0.869. The molecule has 0 aliphatic rings. The summed E-state index contributed by atoms with van der Waals surface area (Å²) in [5.74, 6) is -0.0937. The van der Waals surface area contributed by atoms with E-state index in [0.717, 1.165) is 16.9 Å². The van der Waals surface area contributed by atoms with Gasteiger partial charge < -0.3 is 10.6 Å². The van der Waals surface area contributed by atoms with Crippen LogP contribution in [0.1, 0.15) is 12.5 Å². The zero-order valence-electron chi connectivity index (χ0n) is 10.9. The van der Waals surface area contributed by atoms with Crippen LogP contribution in [0.3, 0.4) is 0 Å². The Bertz CT molecular complexity index is 609. The molecule has 2 aromatic rings. The molecule has 0 saturated carbocycles. The number of carbonyl (C=O) groups is 1. The number of hydrogen-bond acceptors (Lipinski definition) is 2. The van der Waals surface area contributed by atoms with E-state index in [4.69, 9.17) is 23.2 Å². The Labute approximate surface area is 127 Å². The minimum atomic E-state index is -0.0937. The molecule has 0 heterocycles. The highest BCUT2D eigenvalue weighted by molar-refractivity contribution is 6.34. The number of anilines is 2. The molecule has 20 heavy (non-hydrogen) atoms. The highest BCUT2D eigenvalue weighted by Gasteiger charge is 2.00. The lowest BCUT2D eigenvalue weighted by molar-refractivity contribution is -0.114. The van der Waals surface area contributed by atoms with Gasteiger partial charge in [0.15, 0.2) is 0 Å². The number of carbonyl (C=O) groups excluding carboxylic acids is 1. The molecule has 0 bridgehead atoms. The van der Waals surface area contributed by atoms with Gasteiger partial charge in [-0.1, -0.05) is 29.3 Å². The van der Waals surface area contributed by atoms with Crippen LogP contribution >= 0.6 is 23.2 Å². The number of halogens is 2. The molecule has 0 aromatic heterocycles. The summed E-state index contributed by atoms with van der Waals surface area (Å²) in [4.78, 5) is 11.0. The highest BCUT2D eigenvalue weighted by Crippen LogP contribution is 2.21. The summed E-state index contributed by atoms with van der Waals surface area (Å²) in [6.07, 6.45) is 0. The molecule has 0 atom stereocenters. The van der Waals surface area contributed by atoms with Crippen LogP contribution in [0.5, 0.6) is 0 Å². The van der Waals surface area contributed by atoms with Crippen LogP contribution < -0.4 is 10.6 Å². The monoisotopic (exact) mass is 308 g/mol. The molecular formula is C15H14Cl2N2O. The molecule has 2 N–H and O–H groups in total. The summed E-state index contributed by atoms with van der Waals surface area (Å²) >= 11 is 11.9. The molecule has 0 aliphatic carbocycles. The normalized spacial score (nSPS) is 10.2. The van der Waals surface area contributed by atoms with E-state index in [1.165, 1.54) is 6.92 Å². The van der Waals surface area contributed by atoms with Crippen molar-refractivity contribution in [1.29, 1.82) is 0 Å². The maximum Gasteiger partial charge on any atom is 0.221 e. The van der Waals surface area contributed by atoms with Gasteiger partial charge in [0.1, 0.15) is 0 Å². The van der Waals surface area contributed by atoms with E-state index in [9.17, 15) is 4.79 Å². The second kappa shape index (κ2) is 6.64. The number of rotatable bonds is 4. The lowest BCUT2D eigenvalue weighted by Crippen LogP contribution is -2.06. The van der Waals surface area contributed by atoms with Gasteiger partial charge in [0, 0.05) is 34.9 Å². The summed E-state index contributed by atoms with van der Waals surface area (Å²) in [5.41, 5.74) is 2.66. The maximum atomic E-state index is 11.0. The number of benzene rings is 2. The van der Waals surface area contributed by atoms with Crippen LogP contribution in [0.2, 0.25) is 10.0 Å². The van der Waals surface area contributed by atoms with Crippen LogP contribution in [-0.2, 0) is 11.3 Å². The Morgan fingerprint density at radius 1 is 1.05 bits per heavy atom. The fourth-order valence-electron chi connectivity index (χ4n) is 1.83. The third kappa shape index (κ3) is 4.44. The van der Waals surface area contributed by atoms with Crippen LogP contribution in [0, 0.1) is 0 Å². The average molecular weight is 309 g/mol. The van der Waals surface area contributed by atoms with Crippen LogP contribution in [0.15, 0.2) is 42.5 Å². The third-order valence-corrected chi connectivity index (χ3v) is 3.04. The van der Waals surface area contributed by atoms with E-state index in [2.05, 4.69) is 10.6 Å². The zero-order valence-corrected chi connectivity index (χ0v) is 12.4. The van der Waals surface area contributed by atoms with E-state index < -0.39 is 0 Å². The Balaban J connectivity index is 2.05. The zero-order chi connectivity index (χ0) is 14.5. The topological polar surface area (TPSA) is 41.1 Å². The number of nitrogens with one attached hydrogen (secondary N) is 2. The SMILES string of the molecule is CC(=O)Nc1cccc(NCc2cc(Cl)cc(Cl)c2)c1. The minimum absolute atomic E-state index is 0.0937. The highest BCUT2D eigenvalue weighted by atomic mass is 35.5. The van der Waals surface area contributed by atoms with Crippen molar-refractivity contribution in [1.82, 2.24) is 0 Å². The molecule has 0 spiro atoms. The number of amides is 1. The predicted molar refractivity (Wildman–Crippen MR) is 84.5 cm³/mol. The lowest BCUT2D eigenvalue weighted by Gasteiger charge is -2.09. The molecule has 2 rings (SSSR count). The summed E-state index contributed by atoms with van der Waals surface area (Å²) in [7, 11) is 0. The molecule has 1 amide bonds. The van der Waals surface area contributed by atoms with Gasteiger partial charge in [-0.2, -0.15) is 0 Å². The Morgan fingerprint density at radius 3 is 2.35 bits per heavy atom. The first kappa shape index (κ1) is 14.7. The van der Waals surface area contributed by atoms with Crippen molar-refractivity contribution in [3.63, 3.8) is 0 Å². The first-order valence-electron chi connectivity index (χ1n) is 6.09. The summed E-state index contributed by atoms with van der Waals surface area (Å²) in [6, 6.07) is 12.9. The lowest BCUT2D eigenvalue weighted by atomic mass is 10.2. The molecule has 0 saturated heterocycles. The molecule has 0 fully saturated rings.